The van der Waals surface area contributed by atoms with Crippen molar-refractivity contribution < 1.29 is 0 Å². The van der Waals surface area contributed by atoms with Crippen LogP contribution < -0.4 is 5.32 Å². The van der Waals surface area contributed by atoms with Crippen LogP contribution in [-0.2, 0) is 0 Å². The molecule has 0 spiro atoms. The standard InChI is InChI=1S/C10H14ClN3/c1-7(8-3-2-4-8)14-10-12-5-9(11)6-13-10/h5-8H,2-4H2,1H3,(H,12,13,14). The first-order valence-electron chi connectivity index (χ1n) is 5.00. The number of halogens is 1. The van der Waals surface area contributed by atoms with E-state index < -0.39 is 0 Å². The molecule has 1 unspecified atom stereocenters. The van der Waals surface area contributed by atoms with Crippen molar-refractivity contribution in [2.75, 3.05) is 5.32 Å². The molecule has 76 valence electrons. The molecular formula is C10H14ClN3. The third-order valence-electron chi connectivity index (χ3n) is 2.83. The first-order valence-corrected chi connectivity index (χ1v) is 5.37. The second-order valence-corrected chi connectivity index (χ2v) is 4.29. The van der Waals surface area contributed by atoms with Gasteiger partial charge in [-0.3, -0.25) is 0 Å². The second-order valence-electron chi connectivity index (χ2n) is 3.85. The molecule has 1 aromatic rings. The van der Waals surface area contributed by atoms with E-state index in [0.29, 0.717) is 17.0 Å². The van der Waals surface area contributed by atoms with Crippen molar-refractivity contribution in [2.45, 2.75) is 32.2 Å². The number of nitrogens with zero attached hydrogens (tertiary/aromatic N) is 2. The molecule has 1 N–H and O–H groups in total. The zero-order valence-corrected chi connectivity index (χ0v) is 8.96. The minimum Gasteiger partial charge on any atom is -0.351 e. The number of aromatic nitrogens is 2. The molecule has 0 amide bonds. The van der Waals surface area contributed by atoms with E-state index in [-0.39, 0.29) is 0 Å². The van der Waals surface area contributed by atoms with E-state index in [9.17, 15) is 0 Å². The van der Waals surface area contributed by atoms with Gasteiger partial charge in [-0.05, 0) is 25.7 Å². The van der Waals surface area contributed by atoms with Crippen molar-refractivity contribution in [3.8, 4) is 0 Å². The van der Waals surface area contributed by atoms with Crippen molar-refractivity contribution in [1.82, 2.24) is 9.97 Å². The van der Waals surface area contributed by atoms with Gasteiger partial charge in [-0.25, -0.2) is 9.97 Å². The summed E-state index contributed by atoms with van der Waals surface area (Å²) in [7, 11) is 0. The van der Waals surface area contributed by atoms with E-state index >= 15 is 0 Å². The van der Waals surface area contributed by atoms with Gasteiger partial charge < -0.3 is 5.32 Å². The Morgan fingerprint density at radius 2 is 2.07 bits per heavy atom. The Bertz CT molecular complexity index is 295. The third-order valence-corrected chi connectivity index (χ3v) is 3.03. The fourth-order valence-corrected chi connectivity index (χ4v) is 1.75. The number of rotatable bonds is 3. The highest BCUT2D eigenvalue weighted by Gasteiger charge is 2.23. The van der Waals surface area contributed by atoms with Crippen molar-refractivity contribution in [2.24, 2.45) is 5.92 Å². The highest BCUT2D eigenvalue weighted by Crippen LogP contribution is 2.30. The molecule has 14 heavy (non-hydrogen) atoms. The number of nitrogens with one attached hydrogen (secondary N) is 1. The average molecular weight is 212 g/mol. The minimum atomic E-state index is 0.463. The maximum atomic E-state index is 5.70. The van der Waals surface area contributed by atoms with Gasteiger partial charge in [-0.2, -0.15) is 0 Å². The van der Waals surface area contributed by atoms with Gasteiger partial charge in [0.05, 0.1) is 17.4 Å². The van der Waals surface area contributed by atoms with Gasteiger partial charge in [0.2, 0.25) is 5.95 Å². The molecule has 2 rings (SSSR count). The van der Waals surface area contributed by atoms with Crippen molar-refractivity contribution >= 4 is 17.5 Å². The molecule has 1 saturated carbocycles. The summed E-state index contributed by atoms with van der Waals surface area (Å²) in [5, 5.41) is 3.87. The van der Waals surface area contributed by atoms with Crippen molar-refractivity contribution in [1.29, 1.82) is 0 Å². The minimum absolute atomic E-state index is 0.463. The molecule has 0 bridgehead atoms. The van der Waals surface area contributed by atoms with Crippen LogP contribution in [0.15, 0.2) is 12.4 Å². The molecule has 3 nitrogen and oxygen atoms in total. The topological polar surface area (TPSA) is 37.8 Å². The van der Waals surface area contributed by atoms with Crippen molar-refractivity contribution in [3.63, 3.8) is 0 Å². The smallest absolute Gasteiger partial charge is 0.222 e. The molecule has 1 atom stereocenters. The molecule has 1 aromatic heterocycles. The van der Waals surface area contributed by atoms with Gasteiger partial charge in [0, 0.05) is 6.04 Å². The largest absolute Gasteiger partial charge is 0.351 e. The van der Waals surface area contributed by atoms with E-state index in [1.807, 2.05) is 0 Å². The highest BCUT2D eigenvalue weighted by molar-refractivity contribution is 6.30. The van der Waals surface area contributed by atoms with E-state index in [4.69, 9.17) is 11.6 Å². The van der Waals surface area contributed by atoms with Crippen LogP contribution in [0.25, 0.3) is 0 Å². The van der Waals surface area contributed by atoms with Gasteiger partial charge in [0.15, 0.2) is 0 Å². The predicted molar refractivity (Wildman–Crippen MR) is 57.5 cm³/mol. The maximum absolute atomic E-state index is 5.70. The number of anilines is 1. The third kappa shape index (κ3) is 2.15. The molecule has 1 aliphatic carbocycles. The van der Waals surface area contributed by atoms with Gasteiger partial charge >= 0.3 is 0 Å². The van der Waals surface area contributed by atoms with Crippen LogP contribution in [0.2, 0.25) is 5.02 Å². The predicted octanol–water partition coefficient (Wildman–Crippen LogP) is 2.73. The van der Waals surface area contributed by atoms with Crippen LogP contribution in [-0.4, -0.2) is 16.0 Å². The first-order chi connectivity index (χ1) is 6.75. The lowest BCUT2D eigenvalue weighted by Crippen LogP contribution is -2.31. The molecule has 1 aliphatic rings. The first kappa shape index (κ1) is 9.71. The summed E-state index contributed by atoms with van der Waals surface area (Å²) in [5.74, 6) is 1.46. The quantitative estimate of drug-likeness (QED) is 0.836. The Hall–Kier alpha value is -0.830. The average Bonchev–Trinajstić information content (AvgIpc) is 2.06. The molecule has 1 heterocycles. The van der Waals surface area contributed by atoms with Gasteiger partial charge in [-0.1, -0.05) is 18.0 Å². The lowest BCUT2D eigenvalue weighted by atomic mass is 9.80. The van der Waals surface area contributed by atoms with Gasteiger partial charge in [-0.15, -0.1) is 0 Å². The van der Waals surface area contributed by atoms with E-state index in [0.717, 1.165) is 5.92 Å². The summed E-state index contributed by atoms with van der Waals surface area (Å²) in [6.07, 6.45) is 7.23. The molecule has 0 saturated heterocycles. The summed E-state index contributed by atoms with van der Waals surface area (Å²) >= 11 is 5.70. The lowest BCUT2D eigenvalue weighted by Gasteiger charge is -2.31. The fourth-order valence-electron chi connectivity index (χ4n) is 1.65. The summed E-state index contributed by atoms with van der Waals surface area (Å²) in [4.78, 5) is 8.21. The molecular weight excluding hydrogens is 198 g/mol. The molecule has 1 fully saturated rings. The Morgan fingerprint density at radius 3 is 2.57 bits per heavy atom. The van der Waals surface area contributed by atoms with E-state index in [2.05, 4.69) is 22.2 Å². The fraction of sp³-hybridized carbons (Fsp3) is 0.600. The normalized spacial score (nSPS) is 18.7. The summed E-state index contributed by atoms with van der Waals surface area (Å²) in [6, 6.07) is 0.463. The summed E-state index contributed by atoms with van der Waals surface area (Å²) in [6.45, 7) is 2.18. The molecule has 0 radical (unpaired) electrons. The monoisotopic (exact) mass is 211 g/mol. The van der Waals surface area contributed by atoms with Crippen LogP contribution in [0.4, 0.5) is 5.95 Å². The zero-order valence-electron chi connectivity index (χ0n) is 8.20. The summed E-state index contributed by atoms with van der Waals surface area (Å²) in [5.41, 5.74) is 0. The van der Waals surface area contributed by atoms with Crippen LogP contribution in [0.3, 0.4) is 0 Å². The van der Waals surface area contributed by atoms with Gasteiger partial charge in [0.1, 0.15) is 0 Å². The summed E-state index contributed by atoms with van der Waals surface area (Å²) < 4.78 is 0. The Balaban J connectivity index is 1.92. The Labute approximate surface area is 88.9 Å². The highest BCUT2D eigenvalue weighted by atomic mass is 35.5. The van der Waals surface area contributed by atoms with E-state index in [1.165, 1.54) is 19.3 Å². The number of hydrogen-bond acceptors (Lipinski definition) is 3. The van der Waals surface area contributed by atoms with Crippen LogP contribution in [0.1, 0.15) is 26.2 Å². The maximum Gasteiger partial charge on any atom is 0.222 e. The SMILES string of the molecule is CC(Nc1ncc(Cl)cn1)C1CCC1. The molecule has 0 aliphatic heterocycles. The molecule has 4 heteroatoms. The van der Waals surface area contributed by atoms with Crippen molar-refractivity contribution in [3.05, 3.63) is 17.4 Å². The lowest BCUT2D eigenvalue weighted by molar-refractivity contribution is 0.284. The second kappa shape index (κ2) is 4.13. The van der Waals surface area contributed by atoms with E-state index in [1.54, 1.807) is 12.4 Å². The zero-order chi connectivity index (χ0) is 9.97. The number of hydrogen-bond donors (Lipinski definition) is 1. The van der Waals surface area contributed by atoms with Crippen LogP contribution in [0.5, 0.6) is 0 Å². The Morgan fingerprint density at radius 1 is 1.43 bits per heavy atom. The van der Waals surface area contributed by atoms with Crippen LogP contribution >= 0.6 is 11.6 Å². The van der Waals surface area contributed by atoms with Crippen LogP contribution in [0, 0.1) is 5.92 Å². The van der Waals surface area contributed by atoms with Gasteiger partial charge in [0.25, 0.3) is 0 Å². The molecule has 0 aromatic carbocycles. The Kier molecular flexibility index (Phi) is 2.87.